The third-order valence-electron chi connectivity index (χ3n) is 5.90. The van der Waals surface area contributed by atoms with Gasteiger partial charge in [0.1, 0.15) is 23.7 Å². The van der Waals surface area contributed by atoms with Crippen molar-refractivity contribution < 1.29 is 9.18 Å². The molecular formula is C24H24FN7O. The molecule has 0 spiro atoms. The maximum Gasteiger partial charge on any atom is 0.251 e. The average molecular weight is 446 g/mol. The fourth-order valence-electron chi connectivity index (χ4n) is 4.19. The van der Waals surface area contributed by atoms with Gasteiger partial charge < -0.3 is 16.4 Å². The summed E-state index contributed by atoms with van der Waals surface area (Å²) in [7, 11) is 0. The number of amides is 1. The van der Waals surface area contributed by atoms with Gasteiger partial charge in [-0.1, -0.05) is 24.3 Å². The average Bonchev–Trinajstić information content (AvgIpc) is 3.25. The van der Waals surface area contributed by atoms with Crippen molar-refractivity contribution in [2.75, 3.05) is 18.8 Å². The molecule has 0 aliphatic carbocycles. The van der Waals surface area contributed by atoms with Gasteiger partial charge in [0.15, 0.2) is 5.65 Å². The van der Waals surface area contributed by atoms with Gasteiger partial charge in [-0.3, -0.25) is 4.79 Å². The fourth-order valence-corrected chi connectivity index (χ4v) is 4.19. The zero-order valence-corrected chi connectivity index (χ0v) is 18.0. The van der Waals surface area contributed by atoms with E-state index in [1.54, 1.807) is 24.3 Å². The smallest absolute Gasteiger partial charge is 0.251 e. The van der Waals surface area contributed by atoms with E-state index in [1.807, 2.05) is 16.8 Å². The minimum atomic E-state index is -0.309. The number of fused-ring (bicyclic) bond motifs is 1. The zero-order valence-electron chi connectivity index (χ0n) is 18.0. The second-order valence-electron chi connectivity index (χ2n) is 8.14. The van der Waals surface area contributed by atoms with Crippen molar-refractivity contribution in [1.29, 1.82) is 0 Å². The quantitative estimate of drug-likeness (QED) is 0.435. The van der Waals surface area contributed by atoms with Gasteiger partial charge in [-0.05, 0) is 49.2 Å². The molecule has 4 N–H and O–H groups in total. The Balaban J connectivity index is 1.46. The second-order valence-corrected chi connectivity index (χ2v) is 8.14. The number of piperidine rings is 1. The number of benzene rings is 2. The van der Waals surface area contributed by atoms with E-state index < -0.39 is 0 Å². The third-order valence-corrected chi connectivity index (χ3v) is 5.90. The van der Waals surface area contributed by atoms with Gasteiger partial charge in [-0.25, -0.2) is 19.0 Å². The van der Waals surface area contributed by atoms with Gasteiger partial charge in [0.25, 0.3) is 5.91 Å². The molecule has 2 aromatic heterocycles. The molecule has 4 aromatic rings. The van der Waals surface area contributed by atoms with E-state index in [4.69, 9.17) is 10.8 Å². The lowest BCUT2D eigenvalue weighted by Crippen LogP contribution is -2.32. The first kappa shape index (κ1) is 21.0. The number of nitrogens with one attached hydrogen (secondary N) is 2. The molecule has 168 valence electrons. The maximum absolute atomic E-state index is 13.1. The van der Waals surface area contributed by atoms with E-state index >= 15 is 0 Å². The van der Waals surface area contributed by atoms with E-state index in [1.165, 1.54) is 18.5 Å². The Kier molecular flexibility index (Phi) is 5.70. The zero-order chi connectivity index (χ0) is 22.8. The number of nitrogens with zero attached hydrogens (tertiary/aromatic N) is 4. The van der Waals surface area contributed by atoms with Crippen molar-refractivity contribution in [2.24, 2.45) is 0 Å². The minimum absolute atomic E-state index is 0.173. The Bertz CT molecular complexity index is 1300. The van der Waals surface area contributed by atoms with Crippen LogP contribution in [-0.2, 0) is 6.54 Å². The highest BCUT2D eigenvalue weighted by atomic mass is 19.1. The summed E-state index contributed by atoms with van der Waals surface area (Å²) in [6.45, 7) is 2.11. The lowest BCUT2D eigenvalue weighted by molar-refractivity contribution is 0.0951. The summed E-state index contributed by atoms with van der Waals surface area (Å²) in [6.07, 6.45) is 3.51. The van der Waals surface area contributed by atoms with E-state index in [2.05, 4.69) is 20.6 Å². The highest BCUT2D eigenvalue weighted by Gasteiger charge is 2.23. The van der Waals surface area contributed by atoms with E-state index in [9.17, 15) is 9.18 Å². The predicted molar refractivity (Wildman–Crippen MR) is 124 cm³/mol. The summed E-state index contributed by atoms with van der Waals surface area (Å²) >= 11 is 0. The molecule has 9 heteroatoms. The van der Waals surface area contributed by atoms with Crippen molar-refractivity contribution in [2.45, 2.75) is 25.4 Å². The van der Waals surface area contributed by atoms with Crippen LogP contribution in [0.2, 0.25) is 0 Å². The molecule has 0 unspecified atom stereocenters. The van der Waals surface area contributed by atoms with Crippen molar-refractivity contribution in [3.63, 3.8) is 0 Å². The Morgan fingerprint density at radius 3 is 2.85 bits per heavy atom. The predicted octanol–water partition coefficient (Wildman–Crippen LogP) is 3.07. The fraction of sp³-hybridized carbons (Fsp3) is 0.250. The molecule has 2 aromatic carbocycles. The van der Waals surface area contributed by atoms with Crippen LogP contribution in [-0.4, -0.2) is 38.7 Å². The normalized spacial score (nSPS) is 16.1. The molecule has 1 aliphatic rings. The van der Waals surface area contributed by atoms with Crippen molar-refractivity contribution in [1.82, 2.24) is 30.4 Å². The summed E-state index contributed by atoms with van der Waals surface area (Å²) in [6, 6.07) is 13.5. The number of nitrogens with two attached hydrogens (primary N) is 1. The molecule has 1 saturated heterocycles. The molecule has 1 fully saturated rings. The van der Waals surface area contributed by atoms with Crippen molar-refractivity contribution >= 4 is 22.8 Å². The van der Waals surface area contributed by atoms with E-state index in [0.717, 1.165) is 37.1 Å². The molecule has 3 heterocycles. The van der Waals surface area contributed by atoms with Gasteiger partial charge in [0.2, 0.25) is 0 Å². The second kappa shape index (κ2) is 8.95. The minimum Gasteiger partial charge on any atom is -0.383 e. The molecule has 1 amide bonds. The number of halogens is 1. The SMILES string of the molecule is Nc1ncnc2c1c(-c1cccc(C(=O)NCc3ccc(F)cc3)c1)nn2[C@@H]1CCCNC1. The van der Waals surface area contributed by atoms with Crippen LogP contribution >= 0.6 is 0 Å². The molecule has 1 aliphatic heterocycles. The van der Waals surface area contributed by atoms with Crippen LogP contribution in [0.1, 0.15) is 34.8 Å². The standard InChI is InChI=1S/C24H24FN7O/c25-18-8-6-15(7-9-18)12-28-24(33)17-4-1-3-16(11-17)21-20-22(26)29-14-30-23(20)32(31-21)19-5-2-10-27-13-19/h1,3-4,6-9,11,14,19,27H,2,5,10,12-13H2,(H,28,33)(H2,26,29,30)/t19-/m1/s1. The molecule has 1 atom stereocenters. The molecule has 33 heavy (non-hydrogen) atoms. The molecular weight excluding hydrogens is 421 g/mol. The van der Waals surface area contributed by atoms with Gasteiger partial charge in [-0.2, -0.15) is 5.10 Å². The number of anilines is 1. The van der Waals surface area contributed by atoms with E-state index in [0.29, 0.717) is 34.7 Å². The van der Waals surface area contributed by atoms with Crippen LogP contribution in [0.5, 0.6) is 0 Å². The largest absolute Gasteiger partial charge is 0.383 e. The third kappa shape index (κ3) is 4.27. The summed E-state index contributed by atoms with van der Waals surface area (Å²) in [4.78, 5) is 21.4. The topological polar surface area (TPSA) is 111 Å². The monoisotopic (exact) mass is 445 g/mol. The number of hydrogen-bond acceptors (Lipinski definition) is 6. The van der Waals surface area contributed by atoms with Crippen LogP contribution in [0.15, 0.2) is 54.9 Å². The number of hydrogen-bond donors (Lipinski definition) is 3. The number of rotatable bonds is 5. The number of carbonyl (C=O) groups excluding carboxylic acids is 1. The maximum atomic E-state index is 13.1. The van der Waals surface area contributed by atoms with Gasteiger partial charge in [0.05, 0.1) is 11.4 Å². The van der Waals surface area contributed by atoms with Gasteiger partial charge >= 0.3 is 0 Å². The Morgan fingerprint density at radius 1 is 1.21 bits per heavy atom. The van der Waals surface area contributed by atoms with Crippen molar-refractivity contribution in [3.05, 3.63) is 71.8 Å². The summed E-state index contributed by atoms with van der Waals surface area (Å²) in [5.41, 5.74) is 9.65. The Hall–Kier alpha value is -3.85. The van der Waals surface area contributed by atoms with E-state index in [-0.39, 0.29) is 17.8 Å². The lowest BCUT2D eigenvalue weighted by atomic mass is 10.1. The lowest BCUT2D eigenvalue weighted by Gasteiger charge is -2.23. The molecule has 0 saturated carbocycles. The first-order valence-corrected chi connectivity index (χ1v) is 10.9. The van der Waals surface area contributed by atoms with Crippen LogP contribution in [0.25, 0.3) is 22.3 Å². The summed E-state index contributed by atoms with van der Waals surface area (Å²) in [5, 5.41) is 11.8. The number of carbonyl (C=O) groups is 1. The molecule has 8 nitrogen and oxygen atoms in total. The first-order valence-electron chi connectivity index (χ1n) is 10.9. The van der Waals surface area contributed by atoms with Gasteiger partial charge in [0, 0.05) is 24.2 Å². The van der Waals surface area contributed by atoms with Crippen LogP contribution in [0, 0.1) is 5.82 Å². The Morgan fingerprint density at radius 2 is 2.06 bits per heavy atom. The number of aromatic nitrogens is 4. The first-order chi connectivity index (χ1) is 16.1. The van der Waals surface area contributed by atoms with Crippen molar-refractivity contribution in [3.8, 4) is 11.3 Å². The van der Waals surface area contributed by atoms with Crippen LogP contribution in [0.3, 0.4) is 0 Å². The van der Waals surface area contributed by atoms with Crippen LogP contribution < -0.4 is 16.4 Å². The summed E-state index contributed by atoms with van der Waals surface area (Å²) < 4.78 is 15.0. The van der Waals surface area contributed by atoms with Crippen LogP contribution in [0.4, 0.5) is 10.2 Å². The Labute approximate surface area is 190 Å². The highest BCUT2D eigenvalue weighted by Crippen LogP contribution is 2.33. The summed E-state index contributed by atoms with van der Waals surface area (Å²) in [5.74, 6) is -0.182. The number of nitrogen functional groups attached to an aromatic ring is 1. The molecule has 5 rings (SSSR count). The molecule has 0 radical (unpaired) electrons. The highest BCUT2D eigenvalue weighted by molar-refractivity contribution is 6.00. The molecule has 0 bridgehead atoms. The van der Waals surface area contributed by atoms with Gasteiger partial charge in [-0.15, -0.1) is 0 Å².